The van der Waals surface area contributed by atoms with Crippen molar-refractivity contribution in [2.45, 2.75) is 5.03 Å². The molecule has 7 heteroatoms. The maximum Gasteiger partial charge on any atom is 0.280 e. The van der Waals surface area contributed by atoms with Crippen LogP contribution < -0.4 is 5.56 Å². The molecular weight excluding hydrogens is 300 g/mol. The smallest absolute Gasteiger partial charge is 0.280 e. The molecule has 0 unspecified atom stereocenters. The number of benzene rings is 1. The Morgan fingerprint density at radius 3 is 2.77 bits per heavy atom. The molecule has 22 heavy (non-hydrogen) atoms. The molecule has 2 aromatic rings. The van der Waals surface area contributed by atoms with E-state index in [-0.39, 0.29) is 17.2 Å². The number of likely N-dealkylation sites (N-methyl/N-ethyl adjacent to an activating group) is 1. The highest BCUT2D eigenvalue weighted by Crippen LogP contribution is 2.15. The Morgan fingerprint density at radius 1 is 1.27 bits per heavy atom. The molecule has 0 spiro atoms. The number of rotatable bonds is 3. The lowest BCUT2D eigenvalue weighted by Gasteiger charge is -2.32. The Kier molecular flexibility index (Phi) is 4.44. The Labute approximate surface area is 132 Å². The van der Waals surface area contributed by atoms with Crippen LogP contribution in [0.25, 0.3) is 11.0 Å². The van der Waals surface area contributed by atoms with Crippen LogP contribution in [0.2, 0.25) is 0 Å². The van der Waals surface area contributed by atoms with Crippen LogP contribution in [0.4, 0.5) is 0 Å². The number of fused-ring (bicyclic) bond motifs is 1. The fourth-order valence-corrected chi connectivity index (χ4v) is 3.18. The number of para-hydroxylation sites is 2. The van der Waals surface area contributed by atoms with E-state index >= 15 is 0 Å². The third kappa shape index (κ3) is 3.31. The van der Waals surface area contributed by atoms with E-state index < -0.39 is 0 Å². The summed E-state index contributed by atoms with van der Waals surface area (Å²) in [5.41, 5.74) is 1.20. The summed E-state index contributed by atoms with van der Waals surface area (Å²) in [5.74, 6) is 0.311. The maximum absolute atomic E-state index is 12.2. The van der Waals surface area contributed by atoms with Gasteiger partial charge in [0.2, 0.25) is 5.91 Å². The van der Waals surface area contributed by atoms with Crippen LogP contribution in [0.1, 0.15) is 0 Å². The molecule has 1 N–H and O–H groups in total. The van der Waals surface area contributed by atoms with Crippen LogP contribution in [-0.2, 0) is 4.79 Å². The van der Waals surface area contributed by atoms with Gasteiger partial charge in [0, 0.05) is 26.2 Å². The average Bonchev–Trinajstić information content (AvgIpc) is 2.53. The summed E-state index contributed by atoms with van der Waals surface area (Å²) in [4.78, 5) is 35.4. The van der Waals surface area contributed by atoms with Crippen molar-refractivity contribution < 1.29 is 4.79 Å². The summed E-state index contributed by atoms with van der Waals surface area (Å²) >= 11 is 1.20. The van der Waals surface area contributed by atoms with E-state index in [1.54, 1.807) is 0 Å². The molecule has 0 bridgehead atoms. The molecular formula is C15H18N4O2S. The lowest BCUT2D eigenvalue weighted by atomic mass is 10.3. The van der Waals surface area contributed by atoms with E-state index in [4.69, 9.17) is 0 Å². The summed E-state index contributed by atoms with van der Waals surface area (Å²) in [5, 5.41) is 0.348. The van der Waals surface area contributed by atoms with E-state index in [1.807, 2.05) is 29.2 Å². The minimum Gasteiger partial charge on any atom is -0.339 e. The summed E-state index contributed by atoms with van der Waals surface area (Å²) in [6, 6.07) is 7.38. The van der Waals surface area contributed by atoms with Crippen LogP contribution >= 0.6 is 11.8 Å². The van der Waals surface area contributed by atoms with Gasteiger partial charge in [0.15, 0.2) is 5.03 Å². The zero-order chi connectivity index (χ0) is 15.5. The van der Waals surface area contributed by atoms with Crippen LogP contribution in [-0.4, -0.2) is 64.7 Å². The number of hydrogen-bond donors (Lipinski definition) is 1. The first-order valence-electron chi connectivity index (χ1n) is 7.21. The van der Waals surface area contributed by atoms with Gasteiger partial charge < -0.3 is 14.8 Å². The molecule has 1 aromatic heterocycles. The number of aromatic nitrogens is 2. The molecule has 0 radical (unpaired) electrons. The number of piperazine rings is 1. The molecule has 1 aromatic carbocycles. The predicted octanol–water partition coefficient (Wildman–Crippen LogP) is 0.789. The van der Waals surface area contributed by atoms with Crippen LogP contribution in [0.5, 0.6) is 0 Å². The second-order valence-electron chi connectivity index (χ2n) is 5.36. The lowest BCUT2D eigenvalue weighted by Crippen LogP contribution is -2.47. The third-order valence-corrected chi connectivity index (χ3v) is 4.70. The normalized spacial score (nSPS) is 16.1. The molecule has 0 saturated carbocycles. The molecule has 1 amide bonds. The van der Waals surface area contributed by atoms with Gasteiger partial charge in [-0.3, -0.25) is 9.59 Å². The molecule has 1 aliphatic rings. The molecule has 6 nitrogen and oxygen atoms in total. The lowest BCUT2D eigenvalue weighted by molar-refractivity contribution is -0.129. The number of nitrogens with one attached hydrogen (secondary N) is 1. The first kappa shape index (κ1) is 15.1. The van der Waals surface area contributed by atoms with Crippen molar-refractivity contribution in [3.63, 3.8) is 0 Å². The number of carbonyl (C=O) groups is 1. The molecule has 3 rings (SSSR count). The van der Waals surface area contributed by atoms with E-state index in [9.17, 15) is 9.59 Å². The van der Waals surface area contributed by atoms with Crippen molar-refractivity contribution in [1.82, 2.24) is 19.8 Å². The number of thioether (sulfide) groups is 1. The number of carbonyl (C=O) groups excluding carboxylic acids is 1. The molecule has 116 valence electrons. The number of aromatic amines is 1. The Hall–Kier alpha value is -1.86. The Balaban J connectivity index is 1.67. The zero-order valence-electron chi connectivity index (χ0n) is 12.4. The first-order chi connectivity index (χ1) is 10.6. The van der Waals surface area contributed by atoms with Crippen molar-refractivity contribution in [3.05, 3.63) is 34.6 Å². The van der Waals surface area contributed by atoms with E-state index in [0.29, 0.717) is 10.5 Å². The number of nitrogens with zero attached hydrogens (tertiary/aromatic N) is 3. The largest absolute Gasteiger partial charge is 0.339 e. The summed E-state index contributed by atoms with van der Waals surface area (Å²) in [7, 11) is 2.05. The number of amides is 1. The van der Waals surface area contributed by atoms with Crippen LogP contribution in [0.15, 0.2) is 34.1 Å². The average molecular weight is 318 g/mol. The van der Waals surface area contributed by atoms with Crippen molar-refractivity contribution in [1.29, 1.82) is 0 Å². The minimum atomic E-state index is -0.241. The van der Waals surface area contributed by atoms with E-state index in [0.717, 1.165) is 31.7 Å². The monoisotopic (exact) mass is 318 g/mol. The maximum atomic E-state index is 12.2. The molecule has 2 heterocycles. The number of H-pyrrole nitrogens is 1. The molecule has 0 aliphatic carbocycles. The van der Waals surface area contributed by atoms with Gasteiger partial charge in [0.1, 0.15) is 0 Å². The second-order valence-corrected chi connectivity index (χ2v) is 6.33. The fourth-order valence-electron chi connectivity index (χ4n) is 2.39. The predicted molar refractivity (Wildman–Crippen MR) is 87.2 cm³/mol. The minimum absolute atomic E-state index is 0.0625. The molecule has 1 fully saturated rings. The van der Waals surface area contributed by atoms with Crippen molar-refractivity contribution in [3.8, 4) is 0 Å². The Bertz CT molecular complexity index is 738. The molecule has 1 aliphatic heterocycles. The van der Waals surface area contributed by atoms with Gasteiger partial charge >= 0.3 is 0 Å². The van der Waals surface area contributed by atoms with Crippen LogP contribution in [0, 0.1) is 0 Å². The van der Waals surface area contributed by atoms with Crippen molar-refractivity contribution in [2.24, 2.45) is 0 Å². The van der Waals surface area contributed by atoms with Gasteiger partial charge in [0.05, 0.1) is 16.8 Å². The zero-order valence-corrected chi connectivity index (χ0v) is 13.2. The van der Waals surface area contributed by atoms with Crippen molar-refractivity contribution >= 4 is 28.7 Å². The van der Waals surface area contributed by atoms with Crippen LogP contribution in [0.3, 0.4) is 0 Å². The van der Waals surface area contributed by atoms with Crippen molar-refractivity contribution in [2.75, 3.05) is 39.0 Å². The number of hydrogen-bond acceptors (Lipinski definition) is 5. The highest BCUT2D eigenvalue weighted by Gasteiger charge is 2.19. The summed E-state index contributed by atoms with van der Waals surface area (Å²) in [6.07, 6.45) is 0. The quantitative estimate of drug-likeness (QED) is 0.848. The highest BCUT2D eigenvalue weighted by molar-refractivity contribution is 7.99. The van der Waals surface area contributed by atoms with Gasteiger partial charge in [-0.1, -0.05) is 23.9 Å². The topological polar surface area (TPSA) is 69.3 Å². The Morgan fingerprint density at radius 2 is 2.00 bits per heavy atom. The van der Waals surface area contributed by atoms with Gasteiger partial charge in [-0.2, -0.15) is 0 Å². The van der Waals surface area contributed by atoms with Gasteiger partial charge in [-0.15, -0.1) is 0 Å². The van der Waals surface area contributed by atoms with Gasteiger partial charge in [-0.25, -0.2) is 4.98 Å². The SMILES string of the molecule is CN1CCN(C(=O)CSc2nc3ccccc3[nH]c2=O)CC1. The van der Waals surface area contributed by atoms with Gasteiger partial charge in [-0.05, 0) is 19.2 Å². The molecule has 1 saturated heterocycles. The summed E-state index contributed by atoms with van der Waals surface area (Å²) < 4.78 is 0. The second kappa shape index (κ2) is 6.50. The first-order valence-corrected chi connectivity index (χ1v) is 8.20. The fraction of sp³-hybridized carbons (Fsp3) is 0.400. The standard InChI is InChI=1S/C15H18N4O2S/c1-18-6-8-19(9-7-18)13(20)10-22-15-14(21)16-11-4-2-3-5-12(11)17-15/h2-5H,6-10H2,1H3,(H,16,21). The van der Waals surface area contributed by atoms with Gasteiger partial charge in [0.25, 0.3) is 5.56 Å². The summed E-state index contributed by atoms with van der Waals surface area (Å²) in [6.45, 7) is 3.28. The van der Waals surface area contributed by atoms with E-state index in [1.165, 1.54) is 11.8 Å². The highest BCUT2D eigenvalue weighted by atomic mass is 32.2. The van der Waals surface area contributed by atoms with E-state index in [2.05, 4.69) is 21.9 Å². The molecule has 0 atom stereocenters. The third-order valence-electron chi connectivity index (χ3n) is 3.76.